The molecule has 0 radical (unpaired) electrons. The molecule has 2 heterocycles. The Hall–Kier alpha value is -2.87. The summed E-state index contributed by atoms with van der Waals surface area (Å²) in [5.41, 5.74) is 2.69. The Bertz CT molecular complexity index is 1290. The summed E-state index contributed by atoms with van der Waals surface area (Å²) in [7, 11) is 0. The predicted molar refractivity (Wildman–Crippen MR) is 182 cm³/mol. The number of hydrogen-bond acceptors (Lipinski definition) is 4. The van der Waals surface area contributed by atoms with Crippen molar-refractivity contribution in [3.63, 3.8) is 0 Å². The average Bonchev–Trinajstić information content (AvgIpc) is 3.54. The molecule has 0 aliphatic carbocycles. The summed E-state index contributed by atoms with van der Waals surface area (Å²) in [6, 6.07) is 7.45. The molecule has 1 aromatic carbocycles. The van der Waals surface area contributed by atoms with Crippen molar-refractivity contribution in [2.24, 2.45) is 0 Å². The quantitative estimate of drug-likeness (QED) is 0.102. The van der Waals surface area contributed by atoms with Crippen LogP contribution in [0.25, 0.3) is 17.0 Å². The van der Waals surface area contributed by atoms with Crippen molar-refractivity contribution in [2.75, 3.05) is 11.9 Å². The van der Waals surface area contributed by atoms with Gasteiger partial charge in [0, 0.05) is 36.1 Å². The molecular formula is C35H55ClN6O2. The van der Waals surface area contributed by atoms with Gasteiger partial charge in [-0.3, -0.25) is 9.59 Å². The minimum atomic E-state index is -0.193. The first kappa shape index (κ1) is 35.6. The number of nitrogens with one attached hydrogen (secondary N) is 3. The van der Waals surface area contributed by atoms with Crippen LogP contribution in [0.5, 0.6) is 0 Å². The van der Waals surface area contributed by atoms with Gasteiger partial charge in [-0.2, -0.15) is 5.10 Å². The van der Waals surface area contributed by atoms with Crippen LogP contribution in [0.15, 0.2) is 24.3 Å². The van der Waals surface area contributed by atoms with E-state index in [0.29, 0.717) is 35.1 Å². The maximum Gasteiger partial charge on any atom is 0.226 e. The van der Waals surface area contributed by atoms with Gasteiger partial charge in [-0.05, 0) is 18.6 Å². The SMILES string of the molecule is CCCCCCCCCCCCCCCCCC(=O)NCCC(=O)Nc1cccc(-c2nn3nc(C(C)(C)C)c(Cl)c3[nH]2)c1. The molecule has 0 atom stereocenters. The number of anilines is 1. The zero-order valence-electron chi connectivity index (χ0n) is 27.6. The summed E-state index contributed by atoms with van der Waals surface area (Å²) in [4.78, 5) is 28.0. The molecule has 9 heteroatoms. The van der Waals surface area contributed by atoms with E-state index in [0.717, 1.165) is 24.1 Å². The van der Waals surface area contributed by atoms with Crippen molar-refractivity contribution in [3.8, 4) is 11.4 Å². The summed E-state index contributed by atoms with van der Waals surface area (Å²) >= 11 is 6.56. The molecule has 244 valence electrons. The Morgan fingerprint density at radius 2 is 1.41 bits per heavy atom. The summed E-state index contributed by atoms with van der Waals surface area (Å²) in [5.74, 6) is 0.476. The third-order valence-electron chi connectivity index (χ3n) is 8.05. The molecule has 0 aliphatic heterocycles. The summed E-state index contributed by atoms with van der Waals surface area (Å²) < 4.78 is 1.52. The number of benzene rings is 1. The lowest BCUT2D eigenvalue weighted by Gasteiger charge is -2.14. The number of carbonyl (C=O) groups excluding carboxylic acids is 2. The highest BCUT2D eigenvalue weighted by atomic mass is 35.5. The molecule has 0 unspecified atom stereocenters. The second-order valence-electron chi connectivity index (χ2n) is 13.2. The number of fused-ring (bicyclic) bond motifs is 1. The van der Waals surface area contributed by atoms with Crippen molar-refractivity contribution < 1.29 is 9.59 Å². The molecule has 44 heavy (non-hydrogen) atoms. The zero-order chi connectivity index (χ0) is 31.8. The lowest BCUT2D eigenvalue weighted by molar-refractivity contribution is -0.121. The lowest BCUT2D eigenvalue weighted by atomic mass is 9.92. The fourth-order valence-corrected chi connectivity index (χ4v) is 5.88. The highest BCUT2D eigenvalue weighted by Gasteiger charge is 2.25. The van der Waals surface area contributed by atoms with Crippen molar-refractivity contribution in [1.82, 2.24) is 25.1 Å². The molecule has 8 nitrogen and oxygen atoms in total. The fraction of sp³-hybridized carbons (Fsp3) is 0.657. The molecule has 2 aromatic heterocycles. The Kier molecular flexibility index (Phi) is 15.2. The lowest BCUT2D eigenvalue weighted by Crippen LogP contribution is -2.27. The molecule has 0 saturated carbocycles. The van der Waals surface area contributed by atoms with Crippen LogP contribution in [-0.4, -0.2) is 38.2 Å². The van der Waals surface area contributed by atoms with Gasteiger partial charge in [0.2, 0.25) is 11.8 Å². The number of H-pyrrole nitrogens is 1. The molecule has 0 spiro atoms. The van der Waals surface area contributed by atoms with E-state index < -0.39 is 0 Å². The van der Waals surface area contributed by atoms with E-state index >= 15 is 0 Å². The molecule has 3 rings (SSSR count). The monoisotopic (exact) mass is 626 g/mol. The minimum Gasteiger partial charge on any atom is -0.356 e. The van der Waals surface area contributed by atoms with Gasteiger partial charge < -0.3 is 15.6 Å². The number of rotatable bonds is 21. The van der Waals surface area contributed by atoms with Crippen LogP contribution in [0.4, 0.5) is 5.69 Å². The Balaban J connectivity index is 1.23. The van der Waals surface area contributed by atoms with Crippen LogP contribution in [0.3, 0.4) is 0 Å². The number of nitrogens with zero attached hydrogens (tertiary/aromatic N) is 3. The standard InChI is InChI=1S/C35H55ClN6O2/c1-5-6-7-8-9-10-11-12-13-14-15-16-17-18-19-23-29(43)37-25-24-30(44)38-28-22-20-21-27(26-28)33-39-34-31(36)32(35(2,3)4)40-42(34)41-33/h20-22,26H,5-19,23-25H2,1-4H3,(H,37,43)(H,38,44)(H,39,41). The first-order valence-electron chi connectivity index (χ1n) is 17.0. The first-order chi connectivity index (χ1) is 21.2. The van der Waals surface area contributed by atoms with Crippen LogP contribution in [0, 0.1) is 0 Å². The molecule has 0 saturated heterocycles. The van der Waals surface area contributed by atoms with Crippen molar-refractivity contribution in [2.45, 2.75) is 142 Å². The number of unbranched alkanes of at least 4 members (excludes halogenated alkanes) is 14. The van der Waals surface area contributed by atoms with E-state index in [1.54, 1.807) is 0 Å². The number of amides is 2. The molecule has 2 amide bonds. The van der Waals surface area contributed by atoms with E-state index in [1.807, 2.05) is 24.3 Å². The van der Waals surface area contributed by atoms with Crippen molar-refractivity contribution in [3.05, 3.63) is 35.0 Å². The van der Waals surface area contributed by atoms with Crippen LogP contribution in [0.1, 0.15) is 143 Å². The van der Waals surface area contributed by atoms with Gasteiger partial charge in [-0.1, -0.05) is 141 Å². The Morgan fingerprint density at radius 1 is 0.818 bits per heavy atom. The summed E-state index contributed by atoms with van der Waals surface area (Å²) in [5, 5.41) is 15.4. The summed E-state index contributed by atoms with van der Waals surface area (Å²) in [6.07, 6.45) is 20.3. The van der Waals surface area contributed by atoms with Crippen LogP contribution in [-0.2, 0) is 15.0 Å². The van der Waals surface area contributed by atoms with E-state index in [1.165, 1.54) is 88.1 Å². The van der Waals surface area contributed by atoms with Gasteiger partial charge in [-0.15, -0.1) is 9.73 Å². The number of aromatic nitrogens is 4. The second-order valence-corrected chi connectivity index (χ2v) is 13.5. The number of halogens is 1. The molecule has 3 N–H and O–H groups in total. The predicted octanol–water partition coefficient (Wildman–Crippen LogP) is 9.38. The van der Waals surface area contributed by atoms with Gasteiger partial charge in [-0.25, -0.2) is 0 Å². The topological polar surface area (TPSA) is 104 Å². The molecule has 3 aromatic rings. The van der Waals surface area contributed by atoms with E-state index in [9.17, 15) is 9.59 Å². The maximum atomic E-state index is 12.5. The van der Waals surface area contributed by atoms with Crippen LogP contribution < -0.4 is 10.6 Å². The zero-order valence-corrected chi connectivity index (χ0v) is 28.3. The number of carbonyl (C=O) groups is 2. The van der Waals surface area contributed by atoms with Crippen molar-refractivity contribution >= 4 is 34.7 Å². The fourth-order valence-electron chi connectivity index (χ4n) is 5.44. The van der Waals surface area contributed by atoms with Gasteiger partial charge in [0.1, 0.15) is 5.02 Å². The first-order valence-corrected chi connectivity index (χ1v) is 17.4. The van der Waals surface area contributed by atoms with E-state index in [-0.39, 0.29) is 23.7 Å². The van der Waals surface area contributed by atoms with Gasteiger partial charge >= 0.3 is 0 Å². The minimum absolute atomic E-state index is 0.0191. The van der Waals surface area contributed by atoms with E-state index in [4.69, 9.17) is 11.6 Å². The molecule has 0 bridgehead atoms. The smallest absolute Gasteiger partial charge is 0.226 e. The largest absolute Gasteiger partial charge is 0.356 e. The molecular weight excluding hydrogens is 572 g/mol. The average molecular weight is 627 g/mol. The second kappa shape index (κ2) is 18.8. The highest BCUT2D eigenvalue weighted by Crippen LogP contribution is 2.32. The summed E-state index contributed by atoms with van der Waals surface area (Å²) in [6.45, 7) is 8.77. The van der Waals surface area contributed by atoms with Crippen molar-refractivity contribution in [1.29, 1.82) is 0 Å². The normalized spacial score (nSPS) is 11.8. The highest BCUT2D eigenvalue weighted by molar-refractivity contribution is 6.34. The third-order valence-corrected chi connectivity index (χ3v) is 8.41. The number of aromatic amines is 1. The Labute approximate surface area is 269 Å². The number of hydrogen-bond donors (Lipinski definition) is 3. The third kappa shape index (κ3) is 12.3. The van der Waals surface area contributed by atoms with Gasteiger partial charge in [0.25, 0.3) is 0 Å². The van der Waals surface area contributed by atoms with E-state index in [2.05, 4.69) is 53.5 Å². The van der Waals surface area contributed by atoms with Gasteiger partial charge in [0.15, 0.2) is 11.5 Å². The molecule has 0 aliphatic rings. The van der Waals surface area contributed by atoms with Crippen LogP contribution >= 0.6 is 11.6 Å². The Morgan fingerprint density at radius 3 is 1.98 bits per heavy atom. The molecule has 0 fully saturated rings. The van der Waals surface area contributed by atoms with Crippen LogP contribution in [0.2, 0.25) is 5.02 Å². The maximum absolute atomic E-state index is 12.5. The van der Waals surface area contributed by atoms with Gasteiger partial charge in [0.05, 0.1) is 5.69 Å².